The molecule has 0 saturated carbocycles. The Bertz CT molecular complexity index is 957. The second-order valence-electron chi connectivity index (χ2n) is 7.42. The highest BCUT2D eigenvalue weighted by Crippen LogP contribution is 2.26. The summed E-state index contributed by atoms with van der Waals surface area (Å²) in [6.45, 7) is 5.36. The molecule has 2 aromatic rings. The maximum absolute atomic E-state index is 13.0. The van der Waals surface area contributed by atoms with E-state index in [0.29, 0.717) is 19.5 Å². The Kier molecular flexibility index (Phi) is 6.62. The summed E-state index contributed by atoms with van der Waals surface area (Å²) in [6, 6.07) is 16.0. The first-order chi connectivity index (χ1) is 14.0. The molecule has 0 atom stereocenters. The maximum atomic E-state index is 13.0. The summed E-state index contributed by atoms with van der Waals surface area (Å²) < 4.78 is 0. The number of benzene rings is 2. The van der Waals surface area contributed by atoms with Crippen molar-refractivity contribution < 1.29 is 14.8 Å². The van der Waals surface area contributed by atoms with Crippen molar-refractivity contribution in [2.45, 2.75) is 33.2 Å². The van der Waals surface area contributed by atoms with E-state index in [0.717, 1.165) is 34.3 Å². The molecule has 0 unspecified atom stereocenters. The van der Waals surface area contributed by atoms with Gasteiger partial charge in [0.05, 0.1) is 6.42 Å². The Hall–Kier alpha value is -3.18. The van der Waals surface area contributed by atoms with Crippen molar-refractivity contribution >= 4 is 23.5 Å². The minimum absolute atomic E-state index is 0.122. The van der Waals surface area contributed by atoms with Gasteiger partial charge in [0.25, 0.3) is 5.91 Å². The fraction of sp³-hybridized carbons (Fsp3) is 0.250. The van der Waals surface area contributed by atoms with E-state index in [1.807, 2.05) is 67.3 Å². The minimum atomic E-state index is -0.574. The van der Waals surface area contributed by atoms with Gasteiger partial charge in [-0.2, -0.15) is 0 Å². The molecule has 1 heterocycles. The van der Waals surface area contributed by atoms with Gasteiger partial charge in [0, 0.05) is 19.2 Å². The van der Waals surface area contributed by atoms with Gasteiger partial charge in [-0.3, -0.25) is 14.8 Å². The number of allylic oxidation sites excluding steroid dienone is 1. The van der Waals surface area contributed by atoms with Gasteiger partial charge in [-0.1, -0.05) is 48.0 Å². The standard InChI is InChI=1S/C24H26N2O3/c1-17(2)22(20-6-4-3-5-7-20)15-24(28)26-13-12-19-10-8-18(14-21(19)16-26)9-11-23(27)25-29/h3-11,14,29H,12-13,15-16H2,1-2H3,(H,25,27)/b11-9+. The lowest BCUT2D eigenvalue weighted by molar-refractivity contribution is -0.131. The Balaban J connectivity index is 1.74. The Morgan fingerprint density at radius 3 is 2.55 bits per heavy atom. The van der Waals surface area contributed by atoms with Crippen molar-refractivity contribution in [3.63, 3.8) is 0 Å². The number of rotatable bonds is 5. The molecule has 2 aromatic carbocycles. The molecular formula is C24H26N2O3. The number of carbonyl (C=O) groups excluding carboxylic acids is 2. The van der Waals surface area contributed by atoms with Crippen LogP contribution in [-0.2, 0) is 22.6 Å². The fourth-order valence-electron chi connectivity index (χ4n) is 3.57. The van der Waals surface area contributed by atoms with E-state index in [2.05, 4.69) is 0 Å². The van der Waals surface area contributed by atoms with Crippen molar-refractivity contribution in [3.8, 4) is 0 Å². The number of carbonyl (C=O) groups is 2. The van der Waals surface area contributed by atoms with Crippen LogP contribution in [0.4, 0.5) is 0 Å². The third-order valence-corrected chi connectivity index (χ3v) is 5.19. The van der Waals surface area contributed by atoms with Gasteiger partial charge >= 0.3 is 0 Å². The summed E-state index contributed by atoms with van der Waals surface area (Å²) >= 11 is 0. The van der Waals surface area contributed by atoms with Gasteiger partial charge in [-0.05, 0) is 60.2 Å². The molecule has 3 rings (SSSR count). The molecule has 2 amide bonds. The molecule has 0 spiro atoms. The van der Waals surface area contributed by atoms with Crippen LogP contribution in [0.25, 0.3) is 11.6 Å². The van der Waals surface area contributed by atoms with Crippen molar-refractivity contribution in [1.82, 2.24) is 10.4 Å². The van der Waals surface area contributed by atoms with Gasteiger partial charge in [0.2, 0.25) is 5.91 Å². The largest absolute Gasteiger partial charge is 0.338 e. The predicted molar refractivity (Wildman–Crippen MR) is 114 cm³/mol. The van der Waals surface area contributed by atoms with Crippen molar-refractivity contribution in [2.24, 2.45) is 0 Å². The van der Waals surface area contributed by atoms with E-state index in [1.54, 1.807) is 11.6 Å². The van der Waals surface area contributed by atoms with E-state index in [1.165, 1.54) is 11.6 Å². The third kappa shape index (κ3) is 5.21. The molecule has 1 aliphatic rings. The third-order valence-electron chi connectivity index (χ3n) is 5.19. The van der Waals surface area contributed by atoms with Crippen LogP contribution in [0.3, 0.4) is 0 Å². The van der Waals surface area contributed by atoms with Crippen LogP contribution in [0, 0.1) is 0 Å². The predicted octanol–water partition coefficient (Wildman–Crippen LogP) is 3.97. The van der Waals surface area contributed by atoms with E-state index in [-0.39, 0.29) is 5.91 Å². The molecule has 1 aliphatic heterocycles. The number of amides is 2. The minimum Gasteiger partial charge on any atom is -0.338 e. The summed E-state index contributed by atoms with van der Waals surface area (Å²) in [5, 5.41) is 8.60. The van der Waals surface area contributed by atoms with Crippen LogP contribution in [0.2, 0.25) is 0 Å². The SMILES string of the molecule is CC(C)=C(CC(=O)N1CCc2ccc(/C=C/C(=O)NO)cc2C1)c1ccccc1. The lowest BCUT2D eigenvalue weighted by Gasteiger charge is -2.30. The number of fused-ring (bicyclic) bond motifs is 1. The first-order valence-electron chi connectivity index (χ1n) is 9.71. The quantitative estimate of drug-likeness (QED) is 0.461. The first kappa shape index (κ1) is 20.6. The molecule has 5 nitrogen and oxygen atoms in total. The van der Waals surface area contributed by atoms with Crippen molar-refractivity contribution in [1.29, 1.82) is 0 Å². The average Bonchev–Trinajstić information content (AvgIpc) is 2.75. The number of hydrogen-bond acceptors (Lipinski definition) is 3. The highest BCUT2D eigenvalue weighted by molar-refractivity contribution is 5.91. The van der Waals surface area contributed by atoms with Crippen LogP contribution in [0.5, 0.6) is 0 Å². The number of nitrogens with one attached hydrogen (secondary N) is 1. The molecule has 0 bridgehead atoms. The lowest BCUT2D eigenvalue weighted by atomic mass is 9.95. The highest BCUT2D eigenvalue weighted by atomic mass is 16.5. The Morgan fingerprint density at radius 2 is 1.86 bits per heavy atom. The number of hydroxylamine groups is 1. The van der Waals surface area contributed by atoms with E-state index >= 15 is 0 Å². The lowest BCUT2D eigenvalue weighted by Crippen LogP contribution is -2.36. The second-order valence-corrected chi connectivity index (χ2v) is 7.42. The normalized spacial score (nSPS) is 13.1. The zero-order valence-corrected chi connectivity index (χ0v) is 16.8. The second kappa shape index (κ2) is 9.34. The smallest absolute Gasteiger partial charge is 0.267 e. The molecule has 0 radical (unpaired) electrons. The van der Waals surface area contributed by atoms with Gasteiger partial charge < -0.3 is 4.90 Å². The topological polar surface area (TPSA) is 69.6 Å². The fourth-order valence-corrected chi connectivity index (χ4v) is 3.57. The highest BCUT2D eigenvalue weighted by Gasteiger charge is 2.22. The van der Waals surface area contributed by atoms with E-state index in [4.69, 9.17) is 5.21 Å². The van der Waals surface area contributed by atoms with E-state index < -0.39 is 5.91 Å². The van der Waals surface area contributed by atoms with Crippen LogP contribution in [0.1, 0.15) is 42.5 Å². The van der Waals surface area contributed by atoms with Crippen molar-refractivity contribution in [2.75, 3.05) is 6.54 Å². The van der Waals surface area contributed by atoms with Gasteiger partial charge in [-0.15, -0.1) is 0 Å². The Labute approximate surface area is 171 Å². The molecule has 5 heteroatoms. The molecule has 0 aliphatic carbocycles. The molecular weight excluding hydrogens is 364 g/mol. The molecule has 150 valence electrons. The van der Waals surface area contributed by atoms with E-state index in [9.17, 15) is 9.59 Å². The zero-order valence-electron chi connectivity index (χ0n) is 16.8. The monoisotopic (exact) mass is 390 g/mol. The van der Waals surface area contributed by atoms with Crippen LogP contribution in [0.15, 0.2) is 60.2 Å². The number of nitrogens with zero attached hydrogens (tertiary/aromatic N) is 1. The van der Waals surface area contributed by atoms with Gasteiger partial charge in [0.15, 0.2) is 0 Å². The van der Waals surface area contributed by atoms with Crippen molar-refractivity contribution in [3.05, 3.63) is 82.4 Å². The summed E-state index contributed by atoms with van der Waals surface area (Å²) in [5.74, 6) is -0.453. The summed E-state index contributed by atoms with van der Waals surface area (Å²) in [4.78, 5) is 26.1. The average molecular weight is 390 g/mol. The van der Waals surface area contributed by atoms with Gasteiger partial charge in [0.1, 0.15) is 0 Å². The first-order valence-corrected chi connectivity index (χ1v) is 9.71. The van der Waals surface area contributed by atoms with Crippen LogP contribution in [-0.4, -0.2) is 28.5 Å². The molecule has 0 saturated heterocycles. The summed E-state index contributed by atoms with van der Waals surface area (Å²) in [6.07, 6.45) is 4.12. The Morgan fingerprint density at radius 1 is 1.10 bits per heavy atom. The summed E-state index contributed by atoms with van der Waals surface area (Å²) in [5.41, 5.74) is 8.07. The number of hydrogen-bond donors (Lipinski definition) is 2. The molecule has 29 heavy (non-hydrogen) atoms. The summed E-state index contributed by atoms with van der Waals surface area (Å²) in [7, 11) is 0. The van der Waals surface area contributed by atoms with Crippen LogP contribution >= 0.6 is 0 Å². The maximum Gasteiger partial charge on any atom is 0.267 e. The van der Waals surface area contributed by atoms with Crippen LogP contribution < -0.4 is 5.48 Å². The molecule has 0 fully saturated rings. The zero-order chi connectivity index (χ0) is 20.8. The molecule has 2 N–H and O–H groups in total. The molecule has 0 aromatic heterocycles. The van der Waals surface area contributed by atoms with Gasteiger partial charge in [-0.25, -0.2) is 5.48 Å².